The molecule has 1 aliphatic carbocycles. The number of esters is 1. The van der Waals surface area contributed by atoms with E-state index in [0.717, 1.165) is 19.4 Å². The lowest BCUT2D eigenvalue weighted by molar-refractivity contribution is -0.140. The van der Waals surface area contributed by atoms with Gasteiger partial charge in [-0.15, -0.1) is 0 Å². The molecule has 0 spiro atoms. The van der Waals surface area contributed by atoms with Gasteiger partial charge in [0.05, 0.1) is 7.11 Å². The van der Waals surface area contributed by atoms with Gasteiger partial charge in [-0.3, -0.25) is 9.69 Å². The van der Waals surface area contributed by atoms with Crippen molar-refractivity contribution in [3.8, 4) is 0 Å². The van der Waals surface area contributed by atoms with Gasteiger partial charge in [0.2, 0.25) is 0 Å². The third kappa shape index (κ3) is 3.57. The van der Waals surface area contributed by atoms with E-state index in [4.69, 9.17) is 0 Å². The summed E-state index contributed by atoms with van der Waals surface area (Å²) >= 11 is 0. The number of ether oxygens (including phenoxy) is 1. The minimum atomic E-state index is -0.103. The van der Waals surface area contributed by atoms with Crippen LogP contribution in [0.1, 0.15) is 42.9 Å². The van der Waals surface area contributed by atoms with E-state index < -0.39 is 0 Å². The lowest BCUT2D eigenvalue weighted by atomic mass is 10.1. The van der Waals surface area contributed by atoms with Crippen molar-refractivity contribution in [3.63, 3.8) is 0 Å². The number of carbonyl (C=O) groups is 1. The Bertz CT molecular complexity index is 431. The molecule has 0 saturated carbocycles. The zero-order chi connectivity index (χ0) is 13.7. The molecule has 0 radical (unpaired) electrons. The molecule has 0 N–H and O–H groups in total. The minimum absolute atomic E-state index is 0.103. The molecule has 0 aromatic heterocycles. The quantitative estimate of drug-likeness (QED) is 0.582. The van der Waals surface area contributed by atoms with Gasteiger partial charge in [-0.1, -0.05) is 24.3 Å². The number of nitrogens with zero attached hydrogens (tertiary/aromatic N) is 1. The Hall–Kier alpha value is -1.35. The van der Waals surface area contributed by atoms with Gasteiger partial charge >= 0.3 is 5.97 Å². The number of carbonyl (C=O) groups excluding carboxylic acids is 1. The van der Waals surface area contributed by atoms with Crippen molar-refractivity contribution in [3.05, 3.63) is 35.4 Å². The van der Waals surface area contributed by atoms with Gasteiger partial charge < -0.3 is 4.74 Å². The van der Waals surface area contributed by atoms with Crippen molar-refractivity contribution < 1.29 is 9.53 Å². The van der Waals surface area contributed by atoms with Gasteiger partial charge in [0.15, 0.2) is 0 Å². The average Bonchev–Trinajstić information content (AvgIpc) is 2.87. The minimum Gasteiger partial charge on any atom is -0.469 e. The first-order chi connectivity index (χ1) is 9.22. The van der Waals surface area contributed by atoms with Crippen molar-refractivity contribution in [1.29, 1.82) is 0 Å². The fourth-order valence-corrected chi connectivity index (χ4v) is 2.88. The summed E-state index contributed by atoms with van der Waals surface area (Å²) in [7, 11) is 3.63. The van der Waals surface area contributed by atoms with Crippen molar-refractivity contribution in [2.75, 3.05) is 20.7 Å². The van der Waals surface area contributed by atoms with Gasteiger partial charge in [0, 0.05) is 12.5 Å². The third-order valence-corrected chi connectivity index (χ3v) is 4.00. The Kier molecular flexibility index (Phi) is 4.97. The molecule has 1 aromatic rings. The molecular formula is C16H23NO2. The predicted octanol–water partition coefficient (Wildman–Crippen LogP) is 2.95. The zero-order valence-corrected chi connectivity index (χ0v) is 11.9. The molecule has 1 aliphatic rings. The Labute approximate surface area is 115 Å². The van der Waals surface area contributed by atoms with Crippen LogP contribution in [0.4, 0.5) is 0 Å². The predicted molar refractivity (Wildman–Crippen MR) is 76.0 cm³/mol. The van der Waals surface area contributed by atoms with Gasteiger partial charge in [0.25, 0.3) is 0 Å². The highest BCUT2D eigenvalue weighted by Crippen LogP contribution is 2.34. The second-order valence-electron chi connectivity index (χ2n) is 5.27. The SMILES string of the molecule is COC(=O)CCCCN(C)[C@H]1CCc2ccccc21. The number of benzene rings is 1. The molecule has 3 heteroatoms. The average molecular weight is 261 g/mol. The molecule has 3 nitrogen and oxygen atoms in total. The highest BCUT2D eigenvalue weighted by atomic mass is 16.5. The van der Waals surface area contributed by atoms with Gasteiger partial charge in [0.1, 0.15) is 0 Å². The maximum atomic E-state index is 11.0. The molecule has 0 saturated heterocycles. The highest BCUT2D eigenvalue weighted by Gasteiger charge is 2.24. The van der Waals surface area contributed by atoms with E-state index in [1.807, 2.05) is 0 Å². The maximum absolute atomic E-state index is 11.0. The van der Waals surface area contributed by atoms with Gasteiger partial charge in [-0.05, 0) is 50.4 Å². The van der Waals surface area contributed by atoms with Gasteiger partial charge in [-0.25, -0.2) is 0 Å². The summed E-state index contributed by atoms with van der Waals surface area (Å²) in [5, 5.41) is 0. The molecule has 19 heavy (non-hydrogen) atoms. The molecule has 0 aliphatic heterocycles. The van der Waals surface area contributed by atoms with Crippen molar-refractivity contribution in [1.82, 2.24) is 4.90 Å². The standard InChI is InChI=1S/C16H23NO2/c1-17(12-6-5-9-16(18)19-2)15-11-10-13-7-3-4-8-14(13)15/h3-4,7-8,15H,5-6,9-12H2,1-2H3/t15-/m0/s1. The van der Waals surface area contributed by atoms with Crippen LogP contribution in [0.3, 0.4) is 0 Å². The van der Waals surface area contributed by atoms with Crippen molar-refractivity contribution >= 4 is 5.97 Å². The van der Waals surface area contributed by atoms with E-state index in [1.54, 1.807) is 0 Å². The van der Waals surface area contributed by atoms with Gasteiger partial charge in [-0.2, -0.15) is 0 Å². The zero-order valence-electron chi connectivity index (χ0n) is 11.9. The van der Waals surface area contributed by atoms with Crippen LogP contribution in [0.15, 0.2) is 24.3 Å². The van der Waals surface area contributed by atoms with E-state index >= 15 is 0 Å². The summed E-state index contributed by atoms with van der Waals surface area (Å²) in [5.74, 6) is -0.103. The molecule has 2 rings (SSSR count). The fourth-order valence-electron chi connectivity index (χ4n) is 2.88. The number of methoxy groups -OCH3 is 1. The molecule has 0 bridgehead atoms. The van der Waals surface area contributed by atoms with Crippen LogP contribution in [-0.2, 0) is 16.0 Å². The topological polar surface area (TPSA) is 29.5 Å². The second-order valence-corrected chi connectivity index (χ2v) is 5.27. The van der Waals surface area contributed by atoms with Crippen LogP contribution >= 0.6 is 0 Å². The molecule has 104 valence electrons. The summed E-state index contributed by atoms with van der Waals surface area (Å²) in [5.41, 5.74) is 2.98. The Balaban J connectivity index is 1.78. The first-order valence-electron chi connectivity index (χ1n) is 7.07. The fraction of sp³-hybridized carbons (Fsp3) is 0.562. The van der Waals surface area contributed by atoms with Crippen LogP contribution in [0.5, 0.6) is 0 Å². The number of aryl methyl sites for hydroxylation is 1. The molecular weight excluding hydrogens is 238 g/mol. The number of hydrogen-bond donors (Lipinski definition) is 0. The van der Waals surface area contributed by atoms with Crippen LogP contribution in [0, 0.1) is 0 Å². The lowest BCUT2D eigenvalue weighted by Crippen LogP contribution is -2.24. The molecule has 0 heterocycles. The highest BCUT2D eigenvalue weighted by molar-refractivity contribution is 5.68. The van der Waals surface area contributed by atoms with Crippen molar-refractivity contribution in [2.45, 2.75) is 38.1 Å². The first-order valence-corrected chi connectivity index (χ1v) is 7.07. The van der Waals surface area contributed by atoms with Crippen molar-refractivity contribution in [2.24, 2.45) is 0 Å². The van der Waals surface area contributed by atoms with E-state index in [0.29, 0.717) is 12.5 Å². The molecule has 0 unspecified atom stereocenters. The molecule has 0 fully saturated rings. The summed E-state index contributed by atoms with van der Waals surface area (Å²) in [6.07, 6.45) is 4.89. The number of hydrogen-bond acceptors (Lipinski definition) is 3. The van der Waals surface area contributed by atoms with Crippen LogP contribution in [-0.4, -0.2) is 31.6 Å². The molecule has 1 atom stereocenters. The smallest absolute Gasteiger partial charge is 0.305 e. The monoisotopic (exact) mass is 261 g/mol. The van der Waals surface area contributed by atoms with E-state index in [-0.39, 0.29) is 5.97 Å². The molecule has 0 amide bonds. The van der Waals surface area contributed by atoms with E-state index in [1.165, 1.54) is 31.1 Å². The molecule has 1 aromatic carbocycles. The normalized spacial score (nSPS) is 17.5. The van der Waals surface area contributed by atoms with E-state index in [2.05, 4.69) is 40.9 Å². The van der Waals surface area contributed by atoms with E-state index in [9.17, 15) is 4.79 Å². The lowest BCUT2D eigenvalue weighted by Gasteiger charge is -2.25. The summed E-state index contributed by atoms with van der Waals surface area (Å²) in [6, 6.07) is 9.28. The first kappa shape index (κ1) is 14.1. The number of unbranched alkanes of at least 4 members (excludes halogenated alkanes) is 1. The van der Waals surface area contributed by atoms with Crippen LogP contribution < -0.4 is 0 Å². The number of fused-ring (bicyclic) bond motifs is 1. The summed E-state index contributed by atoms with van der Waals surface area (Å²) in [6.45, 7) is 1.04. The largest absolute Gasteiger partial charge is 0.469 e. The number of rotatable bonds is 6. The third-order valence-electron chi connectivity index (χ3n) is 4.00. The Morgan fingerprint density at radius 1 is 1.37 bits per heavy atom. The Morgan fingerprint density at radius 3 is 2.95 bits per heavy atom. The van der Waals surface area contributed by atoms with Crippen LogP contribution in [0.2, 0.25) is 0 Å². The van der Waals surface area contributed by atoms with Crippen LogP contribution in [0.25, 0.3) is 0 Å². The summed E-state index contributed by atoms with van der Waals surface area (Å²) in [4.78, 5) is 13.5. The second kappa shape index (κ2) is 6.71. The maximum Gasteiger partial charge on any atom is 0.305 e. The Morgan fingerprint density at radius 2 is 2.16 bits per heavy atom. The summed E-state index contributed by atoms with van der Waals surface area (Å²) < 4.78 is 4.65.